The van der Waals surface area contributed by atoms with E-state index in [0.29, 0.717) is 0 Å². The molecular weight excluding hydrogens is 320 g/mol. The van der Waals surface area contributed by atoms with E-state index >= 15 is 0 Å². The van der Waals surface area contributed by atoms with Crippen LogP contribution in [0.5, 0.6) is 0 Å². The third kappa shape index (κ3) is 2.15. The Morgan fingerprint density at radius 2 is 1.00 bits per heavy atom. The van der Waals surface area contributed by atoms with Crippen LogP contribution in [0.25, 0.3) is 33.4 Å². The van der Waals surface area contributed by atoms with Gasteiger partial charge in [-0.2, -0.15) is 9.13 Å². The van der Waals surface area contributed by atoms with Crippen molar-refractivity contribution in [2.45, 2.75) is 0 Å². The molecule has 2 heterocycles. The fourth-order valence-corrected chi connectivity index (χ4v) is 3.69. The fraction of sp³-hybridized carbons (Fsp3) is 0.0909. The van der Waals surface area contributed by atoms with Gasteiger partial charge in [0, 0.05) is 12.1 Å². The molecule has 0 amide bonds. The van der Waals surface area contributed by atoms with E-state index in [1.807, 2.05) is 12.1 Å². The summed E-state index contributed by atoms with van der Waals surface area (Å²) in [7, 11) is 4.20. The van der Waals surface area contributed by atoms with Gasteiger partial charge in [-0.15, -0.1) is 0 Å². The molecule has 0 aliphatic rings. The first-order valence-electron chi connectivity index (χ1n) is 8.74. The maximum absolute atomic E-state index is 2.28. The number of benzene rings is 3. The zero-order valence-corrected chi connectivity index (χ0v) is 14.9. The average Bonchev–Trinajstić information content (AvgIpc) is 3.19. The van der Waals surface area contributed by atoms with Crippen molar-refractivity contribution in [2.24, 2.45) is 14.1 Å². The summed E-state index contributed by atoms with van der Waals surface area (Å²) >= 11 is 0. The molecule has 0 atom stereocenters. The van der Waals surface area contributed by atoms with Gasteiger partial charge in [0.15, 0.2) is 22.1 Å². The Balaban J connectivity index is 1.85. The molecule has 4 heteroatoms. The minimum absolute atomic E-state index is 1.17. The Morgan fingerprint density at radius 3 is 1.42 bits per heavy atom. The molecule has 0 radical (unpaired) electrons. The molecule has 0 bridgehead atoms. The molecular formula is C22H20N4+2. The van der Waals surface area contributed by atoms with Crippen LogP contribution in [0.2, 0.25) is 0 Å². The van der Waals surface area contributed by atoms with Crippen LogP contribution in [0, 0.1) is 0 Å². The smallest absolute Gasteiger partial charge is 0.232 e. The summed E-state index contributed by atoms with van der Waals surface area (Å²) in [6, 6.07) is 25.5. The number of imidazole rings is 2. The van der Waals surface area contributed by atoms with E-state index in [-0.39, 0.29) is 0 Å². The van der Waals surface area contributed by atoms with Crippen molar-refractivity contribution in [3.63, 3.8) is 0 Å². The van der Waals surface area contributed by atoms with Gasteiger partial charge in [0.05, 0.1) is 14.1 Å². The second-order valence-corrected chi connectivity index (χ2v) is 6.69. The van der Waals surface area contributed by atoms with Gasteiger partial charge < -0.3 is 0 Å². The zero-order valence-electron chi connectivity index (χ0n) is 14.9. The molecule has 26 heavy (non-hydrogen) atoms. The Kier molecular flexibility index (Phi) is 3.19. The van der Waals surface area contributed by atoms with Crippen LogP contribution in [0.4, 0.5) is 0 Å². The molecule has 4 nitrogen and oxygen atoms in total. The van der Waals surface area contributed by atoms with Crippen molar-refractivity contribution in [3.8, 4) is 11.4 Å². The second kappa shape index (κ2) is 5.56. The minimum atomic E-state index is 1.17. The lowest BCUT2D eigenvalue weighted by molar-refractivity contribution is -0.649. The Bertz CT molecular complexity index is 1140. The molecule has 3 aromatic carbocycles. The highest BCUT2D eigenvalue weighted by Gasteiger charge is 2.22. The Labute approximate surface area is 151 Å². The van der Waals surface area contributed by atoms with Crippen molar-refractivity contribution < 1.29 is 9.13 Å². The first-order chi connectivity index (χ1) is 12.7. The van der Waals surface area contributed by atoms with Crippen LogP contribution in [0.1, 0.15) is 0 Å². The highest BCUT2D eigenvalue weighted by Crippen LogP contribution is 2.24. The van der Waals surface area contributed by atoms with Crippen LogP contribution in [-0.2, 0) is 14.1 Å². The first-order valence-corrected chi connectivity index (χ1v) is 8.74. The van der Waals surface area contributed by atoms with E-state index in [1.54, 1.807) is 0 Å². The molecule has 0 fully saturated rings. The SMILES string of the molecule is C[n+]1cn(-c2ccccc2)c2cc3c(cc21)[n+](C)cn3-c1ccccc1. The largest absolute Gasteiger partial charge is 0.249 e. The van der Waals surface area contributed by atoms with Gasteiger partial charge in [-0.25, -0.2) is 9.13 Å². The number of para-hydroxylation sites is 2. The highest BCUT2D eigenvalue weighted by molar-refractivity contribution is 5.90. The van der Waals surface area contributed by atoms with E-state index in [0.717, 1.165) is 0 Å². The van der Waals surface area contributed by atoms with Gasteiger partial charge in [0.1, 0.15) is 11.4 Å². The number of aromatic nitrogens is 4. The van der Waals surface area contributed by atoms with E-state index in [4.69, 9.17) is 0 Å². The summed E-state index contributed by atoms with van der Waals surface area (Å²) in [5.74, 6) is 0. The summed E-state index contributed by atoms with van der Waals surface area (Å²) < 4.78 is 8.86. The average molecular weight is 340 g/mol. The van der Waals surface area contributed by atoms with Crippen molar-refractivity contribution in [2.75, 3.05) is 0 Å². The van der Waals surface area contributed by atoms with Gasteiger partial charge >= 0.3 is 0 Å². The molecule has 0 aliphatic heterocycles. The van der Waals surface area contributed by atoms with Gasteiger partial charge in [-0.3, -0.25) is 0 Å². The lowest BCUT2D eigenvalue weighted by Gasteiger charge is -1.98. The van der Waals surface area contributed by atoms with Crippen LogP contribution in [0.15, 0.2) is 85.5 Å². The van der Waals surface area contributed by atoms with Crippen LogP contribution < -0.4 is 9.13 Å². The molecule has 126 valence electrons. The van der Waals surface area contributed by atoms with E-state index in [2.05, 4.69) is 106 Å². The molecule has 5 aromatic rings. The molecule has 5 rings (SSSR count). The first kappa shape index (κ1) is 14.9. The van der Waals surface area contributed by atoms with E-state index < -0.39 is 0 Å². The topological polar surface area (TPSA) is 17.6 Å². The maximum atomic E-state index is 2.28. The molecule has 0 unspecified atom stereocenters. The number of aryl methyl sites for hydroxylation is 2. The summed E-state index contributed by atoms with van der Waals surface area (Å²) in [5, 5.41) is 0. The molecule has 0 spiro atoms. The monoisotopic (exact) mass is 340 g/mol. The number of rotatable bonds is 2. The van der Waals surface area contributed by atoms with Gasteiger partial charge in [0.2, 0.25) is 12.7 Å². The predicted molar refractivity (Wildman–Crippen MR) is 102 cm³/mol. The molecule has 0 aliphatic carbocycles. The van der Waals surface area contributed by atoms with Gasteiger partial charge in [0.25, 0.3) is 0 Å². The van der Waals surface area contributed by atoms with Gasteiger partial charge in [-0.05, 0) is 24.3 Å². The predicted octanol–water partition coefficient (Wildman–Crippen LogP) is 3.22. The van der Waals surface area contributed by atoms with Crippen molar-refractivity contribution in [3.05, 3.63) is 85.5 Å². The van der Waals surface area contributed by atoms with E-state index in [9.17, 15) is 0 Å². The van der Waals surface area contributed by atoms with Crippen LogP contribution >= 0.6 is 0 Å². The van der Waals surface area contributed by atoms with Crippen molar-refractivity contribution in [1.82, 2.24) is 9.13 Å². The number of hydrogen-bond donors (Lipinski definition) is 0. The Hall–Kier alpha value is -3.40. The van der Waals surface area contributed by atoms with Crippen LogP contribution in [0.3, 0.4) is 0 Å². The fourth-order valence-electron chi connectivity index (χ4n) is 3.69. The molecule has 0 saturated carbocycles. The van der Waals surface area contributed by atoms with E-state index in [1.165, 1.54) is 33.4 Å². The normalized spacial score (nSPS) is 11.5. The molecule has 2 aromatic heterocycles. The summed E-state index contributed by atoms with van der Waals surface area (Å²) in [6.45, 7) is 0. The summed E-state index contributed by atoms with van der Waals surface area (Å²) in [6.07, 6.45) is 4.29. The maximum Gasteiger partial charge on any atom is 0.249 e. The minimum Gasteiger partial charge on any atom is -0.232 e. The number of hydrogen-bond acceptors (Lipinski definition) is 0. The summed E-state index contributed by atoms with van der Waals surface area (Å²) in [4.78, 5) is 0. The summed E-state index contributed by atoms with van der Waals surface area (Å²) in [5.41, 5.74) is 7.15. The lowest BCUT2D eigenvalue weighted by atomic mass is 10.2. The van der Waals surface area contributed by atoms with Crippen molar-refractivity contribution >= 4 is 22.1 Å². The number of nitrogens with zero attached hydrogens (tertiary/aromatic N) is 4. The zero-order chi connectivity index (χ0) is 17.7. The lowest BCUT2D eigenvalue weighted by Crippen LogP contribution is -2.27. The third-order valence-corrected chi connectivity index (χ3v) is 5.00. The highest BCUT2D eigenvalue weighted by atomic mass is 15.1. The third-order valence-electron chi connectivity index (χ3n) is 5.00. The standard InChI is InChI=1S/C22H20N4/c1-23-15-25(17-9-5-3-6-10-17)21-14-22-20(13-19(21)23)24(2)16-26(22)18-11-7-4-8-12-18/h3-16H,1-2H3/q+2. The molecule has 0 saturated heterocycles. The second-order valence-electron chi connectivity index (χ2n) is 6.69. The Morgan fingerprint density at radius 1 is 0.577 bits per heavy atom. The van der Waals surface area contributed by atoms with Gasteiger partial charge in [-0.1, -0.05) is 36.4 Å². The van der Waals surface area contributed by atoms with Crippen LogP contribution in [-0.4, -0.2) is 9.13 Å². The number of fused-ring (bicyclic) bond motifs is 2. The molecule has 0 N–H and O–H groups in total. The quantitative estimate of drug-likeness (QED) is 0.439. The van der Waals surface area contributed by atoms with Crippen molar-refractivity contribution in [1.29, 1.82) is 0 Å².